The molecule has 1 heterocycles. The summed E-state index contributed by atoms with van der Waals surface area (Å²) in [6, 6.07) is 8.18. The van der Waals surface area contributed by atoms with Gasteiger partial charge in [-0.05, 0) is 41.2 Å². The van der Waals surface area contributed by atoms with Crippen molar-refractivity contribution in [3.05, 3.63) is 59.2 Å². The van der Waals surface area contributed by atoms with Crippen molar-refractivity contribution in [1.82, 2.24) is 4.98 Å². The summed E-state index contributed by atoms with van der Waals surface area (Å²) >= 11 is 0. The zero-order chi connectivity index (χ0) is 22.4. The number of benzene rings is 1. The molecule has 0 saturated heterocycles. The van der Waals surface area contributed by atoms with Crippen molar-refractivity contribution in [2.45, 2.75) is 64.6 Å². The molecule has 0 unspecified atom stereocenters. The molecular formula is C24H29FNNaO4. The van der Waals surface area contributed by atoms with Gasteiger partial charge in [-0.3, -0.25) is 4.98 Å². The Bertz CT molecular complexity index is 897. The van der Waals surface area contributed by atoms with Crippen molar-refractivity contribution in [1.29, 1.82) is 0 Å². The van der Waals surface area contributed by atoms with Gasteiger partial charge in [0.1, 0.15) is 5.82 Å². The van der Waals surface area contributed by atoms with Gasteiger partial charge in [-0.15, -0.1) is 0 Å². The largest absolute Gasteiger partial charge is 1.00 e. The second-order valence-electron chi connectivity index (χ2n) is 8.10. The number of aliphatic hydroxyl groups excluding tert-OH is 2. The zero-order valence-electron chi connectivity index (χ0n) is 18.8. The van der Waals surface area contributed by atoms with Crippen LogP contribution in [0.4, 0.5) is 4.39 Å². The van der Waals surface area contributed by atoms with Crippen molar-refractivity contribution >= 4 is 12.0 Å². The number of pyridine rings is 1. The zero-order valence-corrected chi connectivity index (χ0v) is 20.8. The fraction of sp³-hybridized carbons (Fsp3) is 0.417. The summed E-state index contributed by atoms with van der Waals surface area (Å²) in [6.45, 7) is 8.16. The van der Waals surface area contributed by atoms with Crippen LogP contribution in [0.15, 0.2) is 36.4 Å². The number of carboxylic acid groups (broad SMARTS) is 1. The van der Waals surface area contributed by atoms with Crippen LogP contribution in [0, 0.1) is 5.82 Å². The molecule has 2 atom stereocenters. The molecule has 0 aliphatic rings. The third kappa shape index (κ3) is 8.13. The fourth-order valence-corrected chi connectivity index (χ4v) is 3.21. The molecule has 0 radical (unpaired) electrons. The maximum Gasteiger partial charge on any atom is 1.00 e. The first-order valence-corrected chi connectivity index (χ1v) is 10.1. The van der Waals surface area contributed by atoms with E-state index in [1.165, 1.54) is 18.2 Å². The number of hydrogen-bond acceptors (Lipinski definition) is 5. The van der Waals surface area contributed by atoms with Gasteiger partial charge in [-0.1, -0.05) is 52.0 Å². The smallest absolute Gasteiger partial charge is 0.550 e. The summed E-state index contributed by atoms with van der Waals surface area (Å²) in [4.78, 5) is 15.4. The Morgan fingerprint density at radius 3 is 2.26 bits per heavy atom. The Labute approximate surface area is 205 Å². The van der Waals surface area contributed by atoms with Gasteiger partial charge in [0, 0.05) is 30.1 Å². The predicted octanol–water partition coefficient (Wildman–Crippen LogP) is 0.404. The van der Waals surface area contributed by atoms with E-state index in [-0.39, 0.29) is 53.6 Å². The molecule has 2 N–H and O–H groups in total. The molecule has 5 nitrogen and oxygen atoms in total. The number of carbonyl (C=O) groups excluding carboxylic acids is 1. The van der Waals surface area contributed by atoms with Crippen LogP contribution in [0.25, 0.3) is 17.2 Å². The minimum absolute atomic E-state index is 0. The monoisotopic (exact) mass is 437 g/mol. The average molecular weight is 437 g/mol. The summed E-state index contributed by atoms with van der Waals surface area (Å²) in [5.41, 5.74) is 4.26. The molecule has 0 aliphatic heterocycles. The van der Waals surface area contributed by atoms with Crippen LogP contribution >= 0.6 is 0 Å². The van der Waals surface area contributed by atoms with E-state index in [2.05, 4.69) is 13.8 Å². The van der Waals surface area contributed by atoms with E-state index in [4.69, 9.17) is 4.98 Å². The molecule has 0 bridgehead atoms. The molecule has 0 fully saturated rings. The molecule has 0 aliphatic carbocycles. The van der Waals surface area contributed by atoms with Crippen LogP contribution in [-0.2, 0) is 4.79 Å². The number of carbonyl (C=O) groups is 1. The normalized spacial score (nSPS) is 13.5. The first-order chi connectivity index (χ1) is 14.1. The SMILES string of the molecule is CC(C)c1cc(-c2ccc(F)cc2)c(/C=C/[C@@H](O)C[C@@H](O)CC(=O)[O-])c(C(C)C)n1.[Na+]. The van der Waals surface area contributed by atoms with Gasteiger partial charge < -0.3 is 20.1 Å². The van der Waals surface area contributed by atoms with Gasteiger partial charge in [0.2, 0.25) is 0 Å². The van der Waals surface area contributed by atoms with E-state index in [0.29, 0.717) is 0 Å². The van der Waals surface area contributed by atoms with E-state index in [1.807, 2.05) is 19.9 Å². The van der Waals surface area contributed by atoms with Gasteiger partial charge in [0.05, 0.1) is 17.9 Å². The summed E-state index contributed by atoms with van der Waals surface area (Å²) in [6.07, 6.45) is 0.367. The Hall–Kier alpha value is -1.57. The minimum Gasteiger partial charge on any atom is -0.550 e. The number of carboxylic acids is 1. The van der Waals surface area contributed by atoms with E-state index in [9.17, 15) is 24.5 Å². The molecule has 0 amide bonds. The van der Waals surface area contributed by atoms with E-state index >= 15 is 0 Å². The number of nitrogens with zero attached hydrogens (tertiary/aromatic N) is 1. The van der Waals surface area contributed by atoms with E-state index < -0.39 is 24.6 Å². The Kier molecular flexibility index (Phi) is 11.0. The predicted molar refractivity (Wildman–Crippen MR) is 113 cm³/mol. The van der Waals surface area contributed by atoms with Gasteiger partial charge in [-0.2, -0.15) is 0 Å². The summed E-state index contributed by atoms with van der Waals surface area (Å²) in [5, 5.41) is 30.6. The first-order valence-electron chi connectivity index (χ1n) is 10.1. The van der Waals surface area contributed by atoms with Crippen LogP contribution in [-0.4, -0.2) is 33.4 Å². The number of aliphatic carboxylic acids is 1. The summed E-state index contributed by atoms with van der Waals surface area (Å²) in [7, 11) is 0. The molecule has 31 heavy (non-hydrogen) atoms. The molecule has 0 spiro atoms. The maximum atomic E-state index is 13.5. The van der Waals surface area contributed by atoms with E-state index in [1.54, 1.807) is 18.2 Å². The number of halogens is 1. The fourth-order valence-electron chi connectivity index (χ4n) is 3.21. The Balaban J connectivity index is 0.00000480. The quantitative estimate of drug-likeness (QED) is 0.554. The van der Waals surface area contributed by atoms with Crippen molar-refractivity contribution in [3.63, 3.8) is 0 Å². The third-order valence-corrected chi connectivity index (χ3v) is 4.80. The van der Waals surface area contributed by atoms with Gasteiger partial charge in [0.25, 0.3) is 0 Å². The topological polar surface area (TPSA) is 93.5 Å². The second-order valence-corrected chi connectivity index (χ2v) is 8.10. The van der Waals surface area contributed by atoms with Gasteiger partial charge in [-0.25, -0.2) is 4.39 Å². The third-order valence-electron chi connectivity index (χ3n) is 4.80. The van der Waals surface area contributed by atoms with Crippen molar-refractivity contribution in [3.8, 4) is 11.1 Å². The molecular weight excluding hydrogens is 408 g/mol. The number of rotatable bonds is 9. The number of aromatic nitrogens is 1. The average Bonchev–Trinajstić information content (AvgIpc) is 2.65. The number of aliphatic hydroxyl groups is 2. The summed E-state index contributed by atoms with van der Waals surface area (Å²) < 4.78 is 13.5. The van der Waals surface area contributed by atoms with Gasteiger partial charge in [0.15, 0.2) is 0 Å². The second kappa shape index (κ2) is 12.5. The van der Waals surface area contributed by atoms with Crippen LogP contribution in [0.2, 0.25) is 0 Å². The Morgan fingerprint density at radius 2 is 1.74 bits per heavy atom. The molecule has 162 valence electrons. The molecule has 1 aromatic carbocycles. The molecule has 2 aromatic rings. The van der Waals surface area contributed by atoms with Crippen LogP contribution in [0.3, 0.4) is 0 Å². The molecule has 1 aromatic heterocycles. The van der Waals surface area contributed by atoms with Crippen molar-refractivity contribution in [2.75, 3.05) is 0 Å². The first kappa shape index (κ1) is 27.5. The van der Waals surface area contributed by atoms with Crippen LogP contribution in [0.5, 0.6) is 0 Å². The van der Waals surface area contributed by atoms with Crippen molar-refractivity contribution < 1.29 is 54.1 Å². The molecule has 2 rings (SSSR count). The van der Waals surface area contributed by atoms with Gasteiger partial charge >= 0.3 is 29.6 Å². The summed E-state index contributed by atoms with van der Waals surface area (Å²) in [5.74, 6) is -1.39. The molecule has 0 saturated carbocycles. The van der Waals surface area contributed by atoms with E-state index in [0.717, 1.165) is 28.1 Å². The van der Waals surface area contributed by atoms with Crippen LogP contribution < -0.4 is 34.7 Å². The number of hydrogen-bond donors (Lipinski definition) is 2. The van der Waals surface area contributed by atoms with Crippen molar-refractivity contribution in [2.24, 2.45) is 0 Å². The minimum atomic E-state index is -1.37. The Morgan fingerprint density at radius 1 is 1.13 bits per heavy atom. The van der Waals surface area contributed by atoms with Crippen LogP contribution in [0.1, 0.15) is 69.3 Å². The standard InChI is InChI=1S/C24H30FNO4.Na/c1-14(2)22-13-21(16-5-7-17(25)8-6-16)20(24(26-22)15(3)4)10-9-18(27)11-19(28)12-23(29)30;/h5-10,13-15,18-19,27-28H,11-12H2,1-4H3,(H,29,30);/q;+1/p-1/b10-9+;/t18-,19-;/m1./s1. The molecule has 7 heteroatoms. The maximum absolute atomic E-state index is 13.5.